The summed E-state index contributed by atoms with van der Waals surface area (Å²) in [5, 5.41) is 21.5. The lowest BCUT2D eigenvalue weighted by atomic mass is 10.1. The minimum Gasteiger partial charge on any atom is -0.455 e. The molecule has 0 aromatic heterocycles. The van der Waals surface area contributed by atoms with E-state index in [0.717, 1.165) is 31.0 Å². The Morgan fingerprint density at radius 3 is 2.24 bits per heavy atom. The second-order valence-electron chi connectivity index (χ2n) is 4.56. The zero-order chi connectivity index (χ0) is 15.4. The zero-order valence-electron chi connectivity index (χ0n) is 10.9. The van der Waals surface area contributed by atoms with Gasteiger partial charge in [-0.05, 0) is 25.3 Å². The molecule has 0 bridgehead atoms. The van der Waals surface area contributed by atoms with Crippen molar-refractivity contribution in [3.63, 3.8) is 0 Å². The number of nitro benzene ring substituents is 2. The summed E-state index contributed by atoms with van der Waals surface area (Å²) in [6, 6.07) is 2.75. The number of allylic oxidation sites excluding steroid dienone is 1. The van der Waals surface area contributed by atoms with E-state index in [1.807, 2.05) is 6.08 Å². The van der Waals surface area contributed by atoms with Gasteiger partial charge in [-0.1, -0.05) is 6.08 Å². The highest BCUT2D eigenvalue weighted by molar-refractivity contribution is 5.91. The molecule has 0 unspecified atom stereocenters. The third-order valence-electron chi connectivity index (χ3n) is 3.03. The Bertz CT molecular complexity index is 593. The van der Waals surface area contributed by atoms with Crippen molar-refractivity contribution in [2.24, 2.45) is 0 Å². The molecule has 8 heteroatoms. The predicted octanol–water partition coefficient (Wildman–Crippen LogP) is 2.77. The molecule has 0 fully saturated rings. The molecule has 0 saturated heterocycles. The summed E-state index contributed by atoms with van der Waals surface area (Å²) in [6.07, 6.45) is 5.69. The number of nitro groups is 2. The van der Waals surface area contributed by atoms with Crippen molar-refractivity contribution in [3.8, 4) is 0 Å². The average Bonchev–Trinajstić information content (AvgIpc) is 2.47. The Balaban J connectivity index is 2.26. The summed E-state index contributed by atoms with van der Waals surface area (Å²) < 4.78 is 5.18. The lowest BCUT2D eigenvalue weighted by Crippen LogP contribution is -2.18. The molecule has 0 aliphatic heterocycles. The Labute approximate surface area is 119 Å². The van der Waals surface area contributed by atoms with Gasteiger partial charge in [-0.25, -0.2) is 4.79 Å². The van der Waals surface area contributed by atoms with Gasteiger partial charge in [0, 0.05) is 12.1 Å². The lowest BCUT2D eigenvalue weighted by Gasteiger charge is -2.16. The van der Waals surface area contributed by atoms with Crippen LogP contribution in [-0.4, -0.2) is 21.9 Å². The molecule has 0 heterocycles. The van der Waals surface area contributed by atoms with E-state index >= 15 is 0 Å². The molecule has 1 aliphatic carbocycles. The first kappa shape index (κ1) is 14.6. The first-order valence-electron chi connectivity index (χ1n) is 6.29. The number of carbonyl (C=O) groups is 1. The van der Waals surface area contributed by atoms with E-state index < -0.39 is 33.3 Å². The summed E-state index contributed by atoms with van der Waals surface area (Å²) in [5.41, 5.74) is -1.24. The van der Waals surface area contributed by atoms with Crippen LogP contribution in [0.15, 0.2) is 30.4 Å². The van der Waals surface area contributed by atoms with E-state index in [9.17, 15) is 25.0 Å². The number of hydrogen-bond donors (Lipinski definition) is 0. The molecule has 0 spiro atoms. The van der Waals surface area contributed by atoms with Crippen molar-refractivity contribution < 1.29 is 19.4 Å². The van der Waals surface area contributed by atoms with Gasteiger partial charge < -0.3 is 4.74 Å². The molecular formula is C13H12N2O6. The minimum absolute atomic E-state index is 0.199. The highest BCUT2D eigenvalue weighted by Crippen LogP contribution is 2.24. The van der Waals surface area contributed by atoms with E-state index in [1.165, 1.54) is 0 Å². The Hall–Kier alpha value is -2.77. The third kappa shape index (κ3) is 3.62. The molecular weight excluding hydrogens is 280 g/mol. The van der Waals surface area contributed by atoms with Crippen molar-refractivity contribution in [2.45, 2.75) is 25.4 Å². The molecule has 1 aliphatic rings. The highest BCUT2D eigenvalue weighted by Gasteiger charge is 2.22. The number of esters is 1. The van der Waals surface area contributed by atoms with Crippen molar-refractivity contribution in [2.75, 3.05) is 0 Å². The SMILES string of the molecule is O=C(O[C@H]1C=CCCC1)c1cc([N+](=O)[O-])cc([N+](=O)[O-])c1. The quantitative estimate of drug-likeness (QED) is 0.365. The Morgan fingerprint density at radius 1 is 1.14 bits per heavy atom. The Morgan fingerprint density at radius 2 is 1.76 bits per heavy atom. The second kappa shape index (κ2) is 6.12. The second-order valence-corrected chi connectivity index (χ2v) is 4.56. The van der Waals surface area contributed by atoms with Crippen LogP contribution in [0.5, 0.6) is 0 Å². The van der Waals surface area contributed by atoms with Crippen LogP contribution in [0.2, 0.25) is 0 Å². The van der Waals surface area contributed by atoms with Crippen molar-refractivity contribution in [3.05, 3.63) is 56.1 Å². The van der Waals surface area contributed by atoms with E-state index in [2.05, 4.69) is 0 Å². The number of nitrogens with zero attached hydrogens (tertiary/aromatic N) is 2. The van der Waals surface area contributed by atoms with Gasteiger partial charge in [0.15, 0.2) is 0 Å². The number of benzene rings is 1. The number of rotatable bonds is 4. The van der Waals surface area contributed by atoms with Crippen LogP contribution in [0.4, 0.5) is 11.4 Å². The molecule has 2 rings (SSSR count). The van der Waals surface area contributed by atoms with Crippen molar-refractivity contribution >= 4 is 17.3 Å². The van der Waals surface area contributed by atoms with Crippen LogP contribution >= 0.6 is 0 Å². The summed E-state index contributed by atoms with van der Waals surface area (Å²) >= 11 is 0. The monoisotopic (exact) mass is 292 g/mol. The molecule has 1 aromatic rings. The van der Waals surface area contributed by atoms with Crippen LogP contribution in [0.25, 0.3) is 0 Å². The van der Waals surface area contributed by atoms with Crippen molar-refractivity contribution in [1.82, 2.24) is 0 Å². The molecule has 0 N–H and O–H groups in total. The van der Waals surface area contributed by atoms with Gasteiger partial charge >= 0.3 is 5.97 Å². The summed E-state index contributed by atoms with van der Waals surface area (Å²) in [7, 11) is 0. The van der Waals surface area contributed by atoms with Crippen molar-refractivity contribution in [1.29, 1.82) is 0 Å². The maximum atomic E-state index is 12.0. The zero-order valence-corrected chi connectivity index (χ0v) is 10.9. The van der Waals surface area contributed by atoms with Gasteiger partial charge in [-0.2, -0.15) is 0 Å². The molecule has 0 amide bonds. The summed E-state index contributed by atoms with van der Waals surface area (Å²) in [4.78, 5) is 31.9. The molecule has 8 nitrogen and oxygen atoms in total. The Kier molecular flexibility index (Phi) is 4.27. The van der Waals surface area contributed by atoms with Gasteiger partial charge in [0.1, 0.15) is 6.10 Å². The molecule has 0 saturated carbocycles. The molecule has 1 atom stereocenters. The largest absolute Gasteiger partial charge is 0.455 e. The fraction of sp³-hybridized carbons (Fsp3) is 0.308. The van der Waals surface area contributed by atoms with E-state index in [1.54, 1.807) is 6.08 Å². The van der Waals surface area contributed by atoms with Gasteiger partial charge in [0.25, 0.3) is 11.4 Å². The van der Waals surface area contributed by atoms with E-state index in [0.29, 0.717) is 6.42 Å². The minimum atomic E-state index is -0.807. The number of carbonyl (C=O) groups excluding carboxylic acids is 1. The van der Waals surface area contributed by atoms with E-state index in [4.69, 9.17) is 4.74 Å². The first-order valence-corrected chi connectivity index (χ1v) is 6.29. The van der Waals surface area contributed by atoms with Crippen LogP contribution < -0.4 is 0 Å². The van der Waals surface area contributed by atoms with Gasteiger partial charge in [0.2, 0.25) is 0 Å². The van der Waals surface area contributed by atoms with Crippen LogP contribution in [-0.2, 0) is 4.74 Å². The van der Waals surface area contributed by atoms with Gasteiger partial charge in [0.05, 0.1) is 21.5 Å². The normalized spacial score (nSPS) is 17.2. The first-order chi connectivity index (χ1) is 9.97. The fourth-order valence-corrected chi connectivity index (χ4v) is 2.01. The van der Waals surface area contributed by atoms with E-state index in [-0.39, 0.29) is 5.56 Å². The van der Waals surface area contributed by atoms with Gasteiger partial charge in [-0.15, -0.1) is 0 Å². The number of non-ortho nitro benzene ring substituents is 2. The standard InChI is InChI=1S/C13H12N2O6/c16-13(21-12-4-2-1-3-5-12)9-6-10(14(17)18)8-11(7-9)15(19)20/h2,4,6-8,12H,1,3,5H2/t12-/m0/s1. The summed E-state index contributed by atoms with van der Waals surface area (Å²) in [5.74, 6) is -0.807. The topological polar surface area (TPSA) is 113 Å². The molecule has 21 heavy (non-hydrogen) atoms. The maximum absolute atomic E-state index is 12.0. The third-order valence-corrected chi connectivity index (χ3v) is 3.03. The van der Waals surface area contributed by atoms with Gasteiger partial charge in [-0.3, -0.25) is 20.2 Å². The molecule has 1 aromatic carbocycles. The lowest BCUT2D eigenvalue weighted by molar-refractivity contribution is -0.394. The highest BCUT2D eigenvalue weighted by atomic mass is 16.6. The number of ether oxygens (including phenoxy) is 1. The fourth-order valence-electron chi connectivity index (χ4n) is 2.01. The van der Waals surface area contributed by atoms with Crippen LogP contribution in [0.1, 0.15) is 29.6 Å². The maximum Gasteiger partial charge on any atom is 0.339 e. The van der Waals surface area contributed by atoms with Crippen LogP contribution in [0, 0.1) is 20.2 Å². The molecule has 110 valence electrons. The smallest absolute Gasteiger partial charge is 0.339 e. The molecule has 0 radical (unpaired) electrons. The number of hydrogen-bond acceptors (Lipinski definition) is 6. The summed E-state index contributed by atoms with van der Waals surface area (Å²) in [6.45, 7) is 0. The average molecular weight is 292 g/mol. The predicted molar refractivity (Wildman–Crippen MR) is 71.9 cm³/mol. The van der Waals surface area contributed by atoms with Crippen LogP contribution in [0.3, 0.4) is 0 Å².